The normalized spacial score (nSPS) is 8.20. The molecule has 0 heterocycles. The van der Waals surface area contributed by atoms with E-state index in [0.717, 1.165) is 0 Å². The molecule has 28 valence electrons. The summed E-state index contributed by atoms with van der Waals surface area (Å²) in [7, 11) is 6.50. The summed E-state index contributed by atoms with van der Waals surface area (Å²) >= 11 is 0. The fraction of sp³-hybridized carbons (Fsp3) is 1.00. The van der Waals surface area contributed by atoms with Gasteiger partial charge in [-0.25, -0.2) is 0 Å². The van der Waals surface area contributed by atoms with Crippen LogP contribution in [0, 0.1) is 0 Å². The molecule has 0 saturated heterocycles. The van der Waals surface area contributed by atoms with Gasteiger partial charge in [-0.05, 0) is 0 Å². The zero-order valence-corrected chi connectivity index (χ0v) is 3.83. The lowest BCUT2D eigenvalue weighted by Gasteiger charge is -1.88. The van der Waals surface area contributed by atoms with Crippen LogP contribution in [0.5, 0.6) is 0 Å². The summed E-state index contributed by atoms with van der Waals surface area (Å²) in [4.78, 5) is 0. The van der Waals surface area contributed by atoms with Crippen molar-refractivity contribution >= 4 is 17.5 Å². The van der Waals surface area contributed by atoms with Crippen molar-refractivity contribution < 1.29 is 9.18 Å². The highest BCUT2D eigenvalue weighted by atomic mass is 31.0. The van der Waals surface area contributed by atoms with Crippen molar-refractivity contribution in [1.82, 2.24) is 0 Å². The van der Waals surface area contributed by atoms with Crippen LogP contribution < -0.4 is 0 Å². The average molecular weight is 89.8 g/mol. The molecular formula is CH4BO2P. The maximum Gasteiger partial charge on any atom is 0.285 e. The van der Waals surface area contributed by atoms with Crippen LogP contribution in [-0.4, -0.2) is 14.8 Å². The van der Waals surface area contributed by atoms with Gasteiger partial charge in [-0.1, -0.05) is 0 Å². The SMILES string of the molecule is [B]OCOP. The van der Waals surface area contributed by atoms with Crippen molar-refractivity contribution in [2.24, 2.45) is 0 Å². The summed E-state index contributed by atoms with van der Waals surface area (Å²) in [5.74, 6) is 0. The highest BCUT2D eigenvalue weighted by molar-refractivity contribution is 7.09. The second-order valence-corrected chi connectivity index (χ2v) is 0.785. The van der Waals surface area contributed by atoms with Gasteiger partial charge in [-0.3, -0.25) is 0 Å². The molecule has 0 aromatic heterocycles. The topological polar surface area (TPSA) is 18.5 Å². The molecule has 0 rings (SSSR count). The quantitative estimate of drug-likeness (QED) is 0.266. The minimum absolute atomic E-state index is 0.130. The Kier molecular flexibility index (Phi) is 4.78. The van der Waals surface area contributed by atoms with Crippen LogP contribution in [-0.2, 0) is 9.18 Å². The first-order chi connectivity index (χ1) is 2.41. The molecule has 0 aromatic rings. The molecular weight excluding hydrogens is 85.8 g/mol. The Balaban J connectivity index is 2.19. The molecule has 0 amide bonds. The predicted octanol–water partition coefficient (Wildman–Crippen LogP) is -0.149. The van der Waals surface area contributed by atoms with Gasteiger partial charge in [0.25, 0.3) is 8.05 Å². The van der Waals surface area contributed by atoms with E-state index in [1.54, 1.807) is 0 Å². The molecule has 1 unspecified atom stereocenters. The van der Waals surface area contributed by atoms with E-state index in [2.05, 4.69) is 17.2 Å². The van der Waals surface area contributed by atoms with Gasteiger partial charge in [0.1, 0.15) is 6.79 Å². The van der Waals surface area contributed by atoms with Crippen molar-refractivity contribution in [3.8, 4) is 0 Å². The molecule has 0 fully saturated rings. The van der Waals surface area contributed by atoms with E-state index >= 15 is 0 Å². The van der Waals surface area contributed by atoms with Crippen molar-refractivity contribution in [3.05, 3.63) is 0 Å². The van der Waals surface area contributed by atoms with Crippen LogP contribution in [0.2, 0.25) is 0 Å². The molecule has 0 aliphatic carbocycles. The summed E-state index contributed by atoms with van der Waals surface area (Å²) in [6, 6.07) is 0. The van der Waals surface area contributed by atoms with Crippen LogP contribution in [0.4, 0.5) is 0 Å². The zero-order chi connectivity index (χ0) is 4.12. The van der Waals surface area contributed by atoms with E-state index in [1.807, 2.05) is 9.47 Å². The molecule has 0 aromatic carbocycles. The molecule has 0 spiro atoms. The maximum absolute atomic E-state index is 4.50. The van der Waals surface area contributed by atoms with Crippen LogP contribution in [0.3, 0.4) is 0 Å². The second kappa shape index (κ2) is 4.41. The summed E-state index contributed by atoms with van der Waals surface area (Å²) in [5.41, 5.74) is 0. The zero-order valence-electron chi connectivity index (χ0n) is 2.68. The van der Waals surface area contributed by atoms with Crippen LogP contribution >= 0.6 is 9.47 Å². The van der Waals surface area contributed by atoms with Crippen LogP contribution in [0.15, 0.2) is 0 Å². The highest BCUT2D eigenvalue weighted by Gasteiger charge is 1.63. The summed E-state index contributed by atoms with van der Waals surface area (Å²) in [6.45, 7) is 0.130. The van der Waals surface area contributed by atoms with Gasteiger partial charge in [0.05, 0.1) is 0 Å². The Morgan fingerprint density at radius 2 is 2.40 bits per heavy atom. The van der Waals surface area contributed by atoms with Crippen molar-refractivity contribution in [1.29, 1.82) is 0 Å². The van der Waals surface area contributed by atoms with Gasteiger partial charge in [0.15, 0.2) is 0 Å². The molecule has 0 N–H and O–H groups in total. The lowest BCUT2D eigenvalue weighted by molar-refractivity contribution is 0.153. The van der Waals surface area contributed by atoms with Crippen molar-refractivity contribution in [3.63, 3.8) is 0 Å². The third-order valence-electron chi connectivity index (χ3n) is 0.136. The van der Waals surface area contributed by atoms with E-state index in [1.165, 1.54) is 0 Å². The Morgan fingerprint density at radius 3 is 2.40 bits per heavy atom. The Morgan fingerprint density at radius 1 is 1.80 bits per heavy atom. The van der Waals surface area contributed by atoms with E-state index in [0.29, 0.717) is 0 Å². The van der Waals surface area contributed by atoms with Crippen LogP contribution in [0.25, 0.3) is 0 Å². The fourth-order valence-corrected chi connectivity index (χ4v) is 0.118. The standard InChI is InChI=1S/CH4BO2P/c2-3-1-4-5/h1,5H2. The van der Waals surface area contributed by atoms with Gasteiger partial charge in [-0.2, -0.15) is 0 Å². The first-order valence-corrected chi connectivity index (χ1v) is 1.52. The largest absolute Gasteiger partial charge is 0.427 e. The Hall–Kier alpha value is 0.415. The van der Waals surface area contributed by atoms with Gasteiger partial charge >= 0.3 is 0 Å². The minimum Gasteiger partial charge on any atom is -0.427 e. The molecule has 0 aliphatic rings. The van der Waals surface area contributed by atoms with E-state index in [4.69, 9.17) is 0 Å². The lowest BCUT2D eigenvalue weighted by Crippen LogP contribution is -1.84. The number of rotatable bonds is 2. The number of hydrogen-bond acceptors (Lipinski definition) is 2. The molecule has 0 aliphatic heterocycles. The molecule has 2 radical (unpaired) electrons. The van der Waals surface area contributed by atoms with E-state index < -0.39 is 0 Å². The van der Waals surface area contributed by atoms with Gasteiger partial charge in [0.2, 0.25) is 0 Å². The van der Waals surface area contributed by atoms with Crippen LogP contribution in [0.1, 0.15) is 0 Å². The summed E-state index contributed by atoms with van der Waals surface area (Å²) < 4.78 is 8.21. The summed E-state index contributed by atoms with van der Waals surface area (Å²) in [5, 5.41) is 0. The second-order valence-electron chi connectivity index (χ2n) is 0.451. The third-order valence-corrected chi connectivity index (χ3v) is 0.272. The van der Waals surface area contributed by atoms with Crippen molar-refractivity contribution in [2.45, 2.75) is 0 Å². The average Bonchev–Trinajstić information content (AvgIpc) is 1.41. The first kappa shape index (κ1) is 5.41. The molecule has 5 heavy (non-hydrogen) atoms. The summed E-state index contributed by atoms with van der Waals surface area (Å²) in [6.07, 6.45) is 0. The Bertz CT molecular complexity index is 17.1. The first-order valence-electron chi connectivity index (χ1n) is 1.05. The monoisotopic (exact) mass is 90.0 g/mol. The molecule has 2 nitrogen and oxygen atoms in total. The fourth-order valence-electron chi connectivity index (χ4n) is 0.0393. The van der Waals surface area contributed by atoms with Gasteiger partial charge < -0.3 is 9.18 Å². The van der Waals surface area contributed by atoms with Gasteiger partial charge in [-0.15, -0.1) is 0 Å². The Labute approximate surface area is 34.6 Å². The minimum atomic E-state index is 0.130. The van der Waals surface area contributed by atoms with Crippen molar-refractivity contribution in [2.75, 3.05) is 6.79 Å². The predicted molar refractivity (Wildman–Crippen MR) is 22.5 cm³/mol. The lowest BCUT2D eigenvalue weighted by atomic mass is 10.6. The molecule has 1 atom stereocenters. The van der Waals surface area contributed by atoms with Gasteiger partial charge in [0, 0.05) is 9.47 Å². The van der Waals surface area contributed by atoms with E-state index in [-0.39, 0.29) is 6.79 Å². The molecule has 4 heteroatoms. The molecule has 0 saturated carbocycles. The number of hydrogen-bond donors (Lipinski definition) is 0. The smallest absolute Gasteiger partial charge is 0.285 e. The maximum atomic E-state index is 4.50. The molecule has 0 bridgehead atoms. The third kappa shape index (κ3) is 4.41. The van der Waals surface area contributed by atoms with E-state index in [9.17, 15) is 0 Å². The highest BCUT2D eigenvalue weighted by Crippen LogP contribution is 1.79.